The van der Waals surface area contributed by atoms with Crippen LogP contribution in [0.1, 0.15) is 13.8 Å². The SMILES string of the molecule is CC(C)C1=CC(N)=NC1. The maximum atomic E-state index is 5.44. The van der Waals surface area contributed by atoms with Crippen LogP contribution in [0.15, 0.2) is 16.6 Å². The molecule has 1 heterocycles. The maximum Gasteiger partial charge on any atom is 0.118 e. The van der Waals surface area contributed by atoms with Crippen molar-refractivity contribution in [3.63, 3.8) is 0 Å². The standard InChI is InChI=1S/C7H12N2/c1-5(2)6-3-7(8)9-4-6/h3,5H,4H2,1-2H3,(H2,8,9). The molecule has 0 bridgehead atoms. The molecule has 0 spiro atoms. The van der Waals surface area contributed by atoms with Crippen LogP contribution in [-0.2, 0) is 0 Å². The molecule has 0 aromatic carbocycles. The third-order valence-corrected chi connectivity index (χ3v) is 1.52. The van der Waals surface area contributed by atoms with Crippen molar-refractivity contribution in [1.82, 2.24) is 0 Å². The summed E-state index contributed by atoms with van der Waals surface area (Å²) >= 11 is 0. The monoisotopic (exact) mass is 124 g/mol. The van der Waals surface area contributed by atoms with Gasteiger partial charge in [-0.15, -0.1) is 0 Å². The van der Waals surface area contributed by atoms with E-state index in [1.165, 1.54) is 5.57 Å². The zero-order valence-electron chi connectivity index (χ0n) is 5.89. The molecule has 0 fully saturated rings. The summed E-state index contributed by atoms with van der Waals surface area (Å²) in [5.74, 6) is 1.27. The lowest BCUT2D eigenvalue weighted by molar-refractivity contribution is 0.754. The molecule has 1 rings (SSSR count). The Bertz CT molecular complexity index is 166. The van der Waals surface area contributed by atoms with Crippen LogP contribution in [0.3, 0.4) is 0 Å². The number of hydrogen-bond donors (Lipinski definition) is 1. The molecule has 2 nitrogen and oxygen atoms in total. The molecule has 1 aliphatic heterocycles. The van der Waals surface area contributed by atoms with E-state index in [1.807, 2.05) is 6.08 Å². The second-order valence-electron chi connectivity index (χ2n) is 2.62. The van der Waals surface area contributed by atoms with Gasteiger partial charge in [0.2, 0.25) is 0 Å². The van der Waals surface area contributed by atoms with Crippen molar-refractivity contribution in [3.8, 4) is 0 Å². The summed E-state index contributed by atoms with van der Waals surface area (Å²) in [6.07, 6.45) is 1.96. The largest absolute Gasteiger partial charge is 0.384 e. The average Bonchev–Trinajstić information content (AvgIpc) is 2.14. The van der Waals surface area contributed by atoms with Crippen molar-refractivity contribution < 1.29 is 0 Å². The Balaban J connectivity index is 2.60. The van der Waals surface area contributed by atoms with E-state index in [-0.39, 0.29) is 0 Å². The number of aliphatic imine (C=N–C) groups is 1. The molecule has 9 heavy (non-hydrogen) atoms. The first-order valence-electron chi connectivity index (χ1n) is 3.20. The lowest BCUT2D eigenvalue weighted by Gasteiger charge is -2.01. The summed E-state index contributed by atoms with van der Waals surface area (Å²) in [5, 5.41) is 0. The summed E-state index contributed by atoms with van der Waals surface area (Å²) in [5.41, 5.74) is 6.78. The van der Waals surface area contributed by atoms with Gasteiger partial charge >= 0.3 is 0 Å². The molecular formula is C7H12N2. The molecule has 0 radical (unpaired) electrons. The average molecular weight is 124 g/mol. The highest BCUT2D eigenvalue weighted by molar-refractivity contribution is 5.94. The Hall–Kier alpha value is -0.790. The topological polar surface area (TPSA) is 38.4 Å². The quantitative estimate of drug-likeness (QED) is 0.555. The van der Waals surface area contributed by atoms with Gasteiger partial charge in [0.25, 0.3) is 0 Å². The van der Waals surface area contributed by atoms with Crippen LogP contribution in [0, 0.1) is 5.92 Å². The van der Waals surface area contributed by atoms with Crippen molar-refractivity contribution in [1.29, 1.82) is 0 Å². The van der Waals surface area contributed by atoms with E-state index in [0.717, 1.165) is 6.54 Å². The molecule has 0 saturated heterocycles. The van der Waals surface area contributed by atoms with Crippen molar-refractivity contribution in [2.24, 2.45) is 16.6 Å². The minimum absolute atomic E-state index is 0.592. The van der Waals surface area contributed by atoms with Crippen LogP contribution >= 0.6 is 0 Å². The molecule has 0 unspecified atom stereocenters. The predicted molar refractivity (Wildman–Crippen MR) is 39.4 cm³/mol. The highest BCUT2D eigenvalue weighted by atomic mass is 14.9. The Morgan fingerprint density at radius 2 is 2.33 bits per heavy atom. The molecule has 0 atom stereocenters. The van der Waals surface area contributed by atoms with Crippen molar-refractivity contribution >= 4 is 5.84 Å². The zero-order chi connectivity index (χ0) is 6.85. The van der Waals surface area contributed by atoms with Crippen LogP contribution in [0.2, 0.25) is 0 Å². The van der Waals surface area contributed by atoms with E-state index >= 15 is 0 Å². The smallest absolute Gasteiger partial charge is 0.118 e. The summed E-state index contributed by atoms with van der Waals surface area (Å²) in [4.78, 5) is 4.04. The Labute approximate surface area is 55.5 Å². The second-order valence-corrected chi connectivity index (χ2v) is 2.62. The number of hydrogen-bond acceptors (Lipinski definition) is 2. The highest BCUT2D eigenvalue weighted by Crippen LogP contribution is 2.12. The minimum Gasteiger partial charge on any atom is -0.384 e. The number of nitrogens with zero attached hydrogens (tertiary/aromatic N) is 1. The van der Waals surface area contributed by atoms with Gasteiger partial charge in [0.05, 0.1) is 6.54 Å². The Kier molecular flexibility index (Phi) is 1.56. The van der Waals surface area contributed by atoms with Gasteiger partial charge in [-0.2, -0.15) is 0 Å². The minimum atomic E-state index is 0.592. The maximum absolute atomic E-state index is 5.44. The van der Waals surface area contributed by atoms with E-state index in [0.29, 0.717) is 11.8 Å². The summed E-state index contributed by atoms with van der Waals surface area (Å²) in [6, 6.07) is 0. The molecular weight excluding hydrogens is 112 g/mol. The van der Waals surface area contributed by atoms with Gasteiger partial charge in [-0.1, -0.05) is 13.8 Å². The molecule has 1 aliphatic rings. The normalized spacial score (nSPS) is 18.1. The second kappa shape index (κ2) is 2.21. The fourth-order valence-electron chi connectivity index (χ4n) is 0.813. The Morgan fingerprint density at radius 3 is 2.56 bits per heavy atom. The van der Waals surface area contributed by atoms with Crippen molar-refractivity contribution in [3.05, 3.63) is 11.6 Å². The zero-order valence-corrected chi connectivity index (χ0v) is 5.89. The van der Waals surface area contributed by atoms with E-state index in [2.05, 4.69) is 18.8 Å². The number of rotatable bonds is 1. The van der Waals surface area contributed by atoms with Crippen LogP contribution in [0.5, 0.6) is 0 Å². The van der Waals surface area contributed by atoms with Gasteiger partial charge in [-0.05, 0) is 17.6 Å². The van der Waals surface area contributed by atoms with E-state index in [4.69, 9.17) is 5.73 Å². The third-order valence-electron chi connectivity index (χ3n) is 1.52. The van der Waals surface area contributed by atoms with Crippen LogP contribution in [0.4, 0.5) is 0 Å². The lowest BCUT2D eigenvalue weighted by atomic mass is 10.0. The molecule has 0 aliphatic carbocycles. The van der Waals surface area contributed by atoms with E-state index in [1.54, 1.807) is 0 Å². The molecule has 0 amide bonds. The van der Waals surface area contributed by atoms with Gasteiger partial charge in [0.1, 0.15) is 5.84 Å². The van der Waals surface area contributed by atoms with Crippen molar-refractivity contribution in [2.75, 3.05) is 6.54 Å². The van der Waals surface area contributed by atoms with Crippen molar-refractivity contribution in [2.45, 2.75) is 13.8 Å². The fourth-order valence-corrected chi connectivity index (χ4v) is 0.813. The summed E-state index contributed by atoms with van der Waals surface area (Å²) in [7, 11) is 0. The van der Waals surface area contributed by atoms with Gasteiger partial charge in [-0.25, -0.2) is 0 Å². The van der Waals surface area contributed by atoms with Gasteiger partial charge in [-0.3, -0.25) is 4.99 Å². The first-order chi connectivity index (χ1) is 4.20. The highest BCUT2D eigenvalue weighted by Gasteiger charge is 2.07. The predicted octanol–water partition coefficient (Wildman–Crippen LogP) is 0.940. The van der Waals surface area contributed by atoms with Crippen LogP contribution in [0.25, 0.3) is 0 Å². The number of nitrogens with two attached hydrogens (primary N) is 1. The summed E-state index contributed by atoms with van der Waals surface area (Å²) in [6.45, 7) is 5.11. The van der Waals surface area contributed by atoms with Gasteiger partial charge in [0, 0.05) is 0 Å². The van der Waals surface area contributed by atoms with Crippen LogP contribution in [-0.4, -0.2) is 12.4 Å². The first kappa shape index (κ1) is 6.33. The molecule has 0 aromatic heterocycles. The number of amidine groups is 1. The lowest BCUT2D eigenvalue weighted by Crippen LogP contribution is -2.04. The van der Waals surface area contributed by atoms with Gasteiger partial charge < -0.3 is 5.73 Å². The third kappa shape index (κ3) is 1.31. The van der Waals surface area contributed by atoms with Gasteiger partial charge in [0.15, 0.2) is 0 Å². The Morgan fingerprint density at radius 1 is 1.67 bits per heavy atom. The fraction of sp³-hybridized carbons (Fsp3) is 0.571. The molecule has 2 N–H and O–H groups in total. The molecule has 0 aromatic rings. The molecule has 0 saturated carbocycles. The first-order valence-corrected chi connectivity index (χ1v) is 3.20. The molecule has 2 heteroatoms. The van der Waals surface area contributed by atoms with Crippen LogP contribution < -0.4 is 5.73 Å². The summed E-state index contributed by atoms with van der Waals surface area (Å²) < 4.78 is 0. The van der Waals surface area contributed by atoms with E-state index < -0.39 is 0 Å². The van der Waals surface area contributed by atoms with E-state index in [9.17, 15) is 0 Å². The molecule has 50 valence electrons.